The fourth-order valence-electron chi connectivity index (χ4n) is 1.99. The maximum Gasteiger partial charge on any atom is 0.263 e. The van der Waals surface area contributed by atoms with Crippen LogP contribution in [0, 0.1) is 0 Å². The van der Waals surface area contributed by atoms with Crippen LogP contribution >= 0.6 is 27.3 Å². The van der Waals surface area contributed by atoms with Crippen LogP contribution in [0.4, 0.5) is 5.69 Å². The van der Waals surface area contributed by atoms with Gasteiger partial charge in [0.1, 0.15) is 4.90 Å². The molecule has 114 valence electrons. The Hall–Kier alpha value is -0.890. The topological polar surface area (TPSA) is 72.2 Å². The number of benzene rings is 1. The maximum absolute atomic E-state index is 12.5. The van der Waals surface area contributed by atoms with E-state index < -0.39 is 10.0 Å². The van der Waals surface area contributed by atoms with Crippen molar-refractivity contribution in [1.29, 1.82) is 0 Å². The Morgan fingerprint density at radius 3 is 2.67 bits per heavy atom. The van der Waals surface area contributed by atoms with Gasteiger partial charge in [0.15, 0.2) is 0 Å². The van der Waals surface area contributed by atoms with E-state index in [0.29, 0.717) is 16.0 Å². The number of rotatable bonds is 6. The smallest absolute Gasteiger partial charge is 0.263 e. The third kappa shape index (κ3) is 3.85. The van der Waals surface area contributed by atoms with Crippen LogP contribution in [0.1, 0.15) is 23.8 Å². The summed E-state index contributed by atoms with van der Waals surface area (Å²) in [4.78, 5) is 1.06. The van der Waals surface area contributed by atoms with Crippen molar-refractivity contribution in [3.63, 3.8) is 0 Å². The molecule has 0 fully saturated rings. The van der Waals surface area contributed by atoms with Gasteiger partial charge in [-0.15, -0.1) is 11.3 Å². The number of hydrogen-bond acceptors (Lipinski definition) is 4. The summed E-state index contributed by atoms with van der Waals surface area (Å²) in [6.07, 6.45) is 1.79. The minimum absolute atomic E-state index is 0.235. The summed E-state index contributed by atoms with van der Waals surface area (Å²) in [6.45, 7) is 2.39. The van der Waals surface area contributed by atoms with Crippen molar-refractivity contribution in [3.8, 4) is 0 Å². The Bertz CT molecular complexity index is 726. The van der Waals surface area contributed by atoms with Crippen LogP contribution in [0.15, 0.2) is 39.0 Å². The lowest BCUT2D eigenvalue weighted by atomic mass is 10.1. The molecule has 0 saturated heterocycles. The van der Waals surface area contributed by atoms with Gasteiger partial charge in [0.2, 0.25) is 0 Å². The number of sulfonamides is 1. The number of nitrogens with two attached hydrogens (primary N) is 1. The second-order valence-electron chi connectivity index (χ2n) is 4.57. The lowest BCUT2D eigenvalue weighted by Gasteiger charge is -2.11. The molecule has 0 unspecified atom stereocenters. The summed E-state index contributed by atoms with van der Waals surface area (Å²) in [6, 6.07) is 9.07. The molecule has 1 aromatic heterocycles. The van der Waals surface area contributed by atoms with E-state index in [0.717, 1.165) is 23.3 Å². The second-order valence-corrected chi connectivity index (χ2v) is 8.67. The van der Waals surface area contributed by atoms with Crippen molar-refractivity contribution in [2.24, 2.45) is 5.73 Å². The van der Waals surface area contributed by atoms with Gasteiger partial charge in [-0.05, 0) is 40.0 Å². The summed E-state index contributed by atoms with van der Waals surface area (Å²) in [5.74, 6) is 0. The Labute approximate surface area is 137 Å². The number of hydrogen-bond donors (Lipinski definition) is 2. The molecular weight excluding hydrogens is 372 g/mol. The summed E-state index contributed by atoms with van der Waals surface area (Å²) in [7, 11) is -3.62. The molecule has 2 rings (SSSR count). The predicted octanol–water partition coefficient (Wildman–Crippen LogP) is 3.72. The lowest BCUT2D eigenvalue weighted by molar-refractivity contribution is 0.601. The van der Waals surface area contributed by atoms with E-state index in [1.165, 1.54) is 11.3 Å². The van der Waals surface area contributed by atoms with Crippen LogP contribution in [0.2, 0.25) is 0 Å². The van der Waals surface area contributed by atoms with Gasteiger partial charge in [0.05, 0.1) is 9.47 Å². The molecule has 7 heteroatoms. The maximum atomic E-state index is 12.5. The fraction of sp³-hybridized carbons (Fsp3) is 0.286. The molecule has 2 aromatic rings. The molecule has 0 aliphatic heterocycles. The van der Waals surface area contributed by atoms with E-state index in [2.05, 4.69) is 27.6 Å². The van der Waals surface area contributed by atoms with Crippen LogP contribution in [-0.2, 0) is 23.0 Å². The van der Waals surface area contributed by atoms with E-state index >= 15 is 0 Å². The minimum atomic E-state index is -3.62. The zero-order valence-corrected chi connectivity index (χ0v) is 14.8. The van der Waals surface area contributed by atoms with Gasteiger partial charge >= 0.3 is 0 Å². The molecule has 0 aliphatic carbocycles. The van der Waals surface area contributed by atoms with Crippen molar-refractivity contribution in [2.75, 3.05) is 4.72 Å². The highest BCUT2D eigenvalue weighted by Crippen LogP contribution is 2.33. The summed E-state index contributed by atoms with van der Waals surface area (Å²) in [5.41, 5.74) is 7.19. The number of thiophene rings is 1. The summed E-state index contributed by atoms with van der Waals surface area (Å²) in [5, 5.41) is 0. The van der Waals surface area contributed by atoms with Crippen LogP contribution in [0.25, 0.3) is 0 Å². The molecule has 1 heterocycles. The van der Waals surface area contributed by atoms with E-state index in [4.69, 9.17) is 5.73 Å². The number of para-hydroxylation sites is 1. The van der Waals surface area contributed by atoms with Crippen molar-refractivity contribution in [3.05, 3.63) is 44.6 Å². The molecule has 1 aromatic carbocycles. The molecule has 21 heavy (non-hydrogen) atoms. The Kier molecular flexibility index (Phi) is 5.43. The largest absolute Gasteiger partial charge is 0.326 e. The Balaban J connectivity index is 2.35. The van der Waals surface area contributed by atoms with Crippen molar-refractivity contribution < 1.29 is 8.42 Å². The monoisotopic (exact) mass is 388 g/mol. The first-order valence-corrected chi connectivity index (χ1v) is 9.66. The normalized spacial score (nSPS) is 11.6. The van der Waals surface area contributed by atoms with Gasteiger partial charge in [-0.25, -0.2) is 8.42 Å². The van der Waals surface area contributed by atoms with Crippen molar-refractivity contribution in [2.45, 2.75) is 31.2 Å². The molecular formula is C14H17BrN2O2S2. The zero-order chi connectivity index (χ0) is 15.5. The zero-order valence-electron chi connectivity index (χ0n) is 11.6. The molecule has 0 radical (unpaired) electrons. The summed E-state index contributed by atoms with van der Waals surface area (Å²) < 4.78 is 28.3. The first-order chi connectivity index (χ1) is 9.97. The van der Waals surface area contributed by atoms with Gasteiger partial charge in [0.25, 0.3) is 10.0 Å². The van der Waals surface area contributed by atoms with Gasteiger partial charge in [0, 0.05) is 11.4 Å². The number of nitrogens with one attached hydrogen (secondary N) is 1. The van der Waals surface area contributed by atoms with Crippen LogP contribution < -0.4 is 10.5 Å². The molecule has 4 nitrogen and oxygen atoms in total. The fourth-order valence-corrected chi connectivity index (χ4v) is 5.65. The van der Waals surface area contributed by atoms with Crippen molar-refractivity contribution >= 4 is 43.0 Å². The van der Waals surface area contributed by atoms with Crippen molar-refractivity contribution in [1.82, 2.24) is 0 Å². The third-order valence-electron chi connectivity index (χ3n) is 2.98. The van der Waals surface area contributed by atoms with Crippen LogP contribution in [-0.4, -0.2) is 8.42 Å². The average Bonchev–Trinajstić information content (AvgIpc) is 2.83. The molecule has 0 spiro atoms. The summed E-state index contributed by atoms with van der Waals surface area (Å²) >= 11 is 4.64. The van der Waals surface area contributed by atoms with Crippen LogP contribution in [0.3, 0.4) is 0 Å². The highest BCUT2D eigenvalue weighted by molar-refractivity contribution is 9.11. The molecule has 0 aliphatic rings. The standard InChI is InChI=1S/C14H17BrN2O2S2/c1-2-5-10-6-3-4-7-12(10)17-21(18,19)13-8-11(9-16)20-14(13)15/h3-4,6-8,17H,2,5,9,16H2,1H3. The Morgan fingerprint density at radius 2 is 2.05 bits per heavy atom. The predicted molar refractivity (Wildman–Crippen MR) is 91.2 cm³/mol. The first kappa shape index (κ1) is 16.5. The molecule has 3 N–H and O–H groups in total. The van der Waals surface area contributed by atoms with E-state index in [-0.39, 0.29) is 4.90 Å². The number of anilines is 1. The molecule has 0 atom stereocenters. The van der Waals surface area contributed by atoms with E-state index in [1.54, 1.807) is 12.1 Å². The third-order valence-corrected chi connectivity index (χ3v) is 6.62. The molecule has 0 saturated carbocycles. The highest BCUT2D eigenvalue weighted by Gasteiger charge is 2.21. The lowest BCUT2D eigenvalue weighted by Crippen LogP contribution is -2.14. The number of halogens is 1. The second kappa shape index (κ2) is 6.91. The average molecular weight is 389 g/mol. The minimum Gasteiger partial charge on any atom is -0.326 e. The van der Waals surface area contributed by atoms with E-state index in [1.807, 2.05) is 18.2 Å². The van der Waals surface area contributed by atoms with Gasteiger partial charge in [-0.3, -0.25) is 4.72 Å². The van der Waals surface area contributed by atoms with Crippen LogP contribution in [0.5, 0.6) is 0 Å². The Morgan fingerprint density at radius 1 is 1.33 bits per heavy atom. The molecule has 0 amide bonds. The molecule has 0 bridgehead atoms. The van der Waals surface area contributed by atoms with Gasteiger partial charge in [-0.1, -0.05) is 31.5 Å². The van der Waals surface area contributed by atoms with Gasteiger partial charge in [-0.2, -0.15) is 0 Å². The van der Waals surface area contributed by atoms with Gasteiger partial charge < -0.3 is 5.73 Å². The highest BCUT2D eigenvalue weighted by atomic mass is 79.9. The first-order valence-electron chi connectivity index (χ1n) is 6.57. The SMILES string of the molecule is CCCc1ccccc1NS(=O)(=O)c1cc(CN)sc1Br. The number of aryl methyl sites for hydroxylation is 1. The quantitative estimate of drug-likeness (QED) is 0.791. The van der Waals surface area contributed by atoms with E-state index in [9.17, 15) is 8.42 Å².